The van der Waals surface area contributed by atoms with Gasteiger partial charge in [0.1, 0.15) is 16.8 Å². The van der Waals surface area contributed by atoms with Crippen LogP contribution in [0.1, 0.15) is 29.3 Å². The number of benzene rings is 1. The van der Waals surface area contributed by atoms with Crippen LogP contribution in [0.4, 0.5) is 5.00 Å². The van der Waals surface area contributed by atoms with E-state index in [-0.39, 0.29) is 5.91 Å². The Morgan fingerprint density at radius 1 is 1.36 bits per heavy atom. The third-order valence-corrected chi connectivity index (χ3v) is 4.54. The van der Waals surface area contributed by atoms with Crippen LogP contribution in [0.25, 0.3) is 0 Å². The SMILES string of the molecule is CCC(Oc1ccccc1)C(=O)Nc1sc(C)c(C)c1C#N. The van der Waals surface area contributed by atoms with Gasteiger partial charge in [-0.3, -0.25) is 4.79 Å². The topological polar surface area (TPSA) is 62.1 Å². The monoisotopic (exact) mass is 314 g/mol. The highest BCUT2D eigenvalue weighted by Crippen LogP contribution is 2.31. The van der Waals surface area contributed by atoms with Gasteiger partial charge in [-0.05, 0) is 38.0 Å². The summed E-state index contributed by atoms with van der Waals surface area (Å²) in [5, 5.41) is 12.7. The van der Waals surface area contributed by atoms with Gasteiger partial charge in [0.25, 0.3) is 5.91 Å². The van der Waals surface area contributed by atoms with Gasteiger partial charge in [-0.2, -0.15) is 5.26 Å². The van der Waals surface area contributed by atoms with Crippen molar-refractivity contribution in [2.45, 2.75) is 33.3 Å². The first-order valence-corrected chi connectivity index (χ1v) is 7.91. The number of carbonyl (C=O) groups is 1. The first-order valence-electron chi connectivity index (χ1n) is 7.09. The number of nitriles is 1. The van der Waals surface area contributed by atoms with Crippen LogP contribution < -0.4 is 10.1 Å². The average Bonchev–Trinajstić information content (AvgIpc) is 2.79. The van der Waals surface area contributed by atoms with Crippen LogP contribution in [0.2, 0.25) is 0 Å². The van der Waals surface area contributed by atoms with E-state index < -0.39 is 6.10 Å². The summed E-state index contributed by atoms with van der Waals surface area (Å²) in [7, 11) is 0. The van der Waals surface area contributed by atoms with Crippen molar-refractivity contribution in [3.05, 3.63) is 46.3 Å². The van der Waals surface area contributed by atoms with E-state index in [2.05, 4.69) is 11.4 Å². The van der Waals surface area contributed by atoms with Crippen molar-refractivity contribution in [1.82, 2.24) is 0 Å². The van der Waals surface area contributed by atoms with E-state index in [9.17, 15) is 10.1 Å². The molecule has 1 amide bonds. The largest absolute Gasteiger partial charge is 0.481 e. The molecule has 0 bridgehead atoms. The highest BCUT2D eigenvalue weighted by atomic mass is 32.1. The van der Waals surface area contributed by atoms with E-state index in [0.29, 0.717) is 22.7 Å². The fraction of sp³-hybridized carbons (Fsp3) is 0.294. The number of para-hydroxylation sites is 1. The van der Waals surface area contributed by atoms with Gasteiger partial charge >= 0.3 is 0 Å². The Bertz CT molecular complexity index is 701. The molecule has 1 heterocycles. The molecule has 114 valence electrons. The fourth-order valence-electron chi connectivity index (χ4n) is 2.03. The molecular weight excluding hydrogens is 296 g/mol. The Morgan fingerprint density at radius 2 is 2.05 bits per heavy atom. The van der Waals surface area contributed by atoms with Gasteiger partial charge in [0.05, 0.1) is 5.56 Å². The fourth-order valence-corrected chi connectivity index (χ4v) is 3.04. The van der Waals surface area contributed by atoms with E-state index in [4.69, 9.17) is 4.74 Å². The van der Waals surface area contributed by atoms with Gasteiger partial charge in [-0.25, -0.2) is 0 Å². The van der Waals surface area contributed by atoms with E-state index >= 15 is 0 Å². The minimum absolute atomic E-state index is 0.232. The average molecular weight is 314 g/mol. The lowest BCUT2D eigenvalue weighted by Gasteiger charge is -2.16. The molecule has 0 saturated carbocycles. The molecule has 0 aliphatic rings. The van der Waals surface area contributed by atoms with Crippen LogP contribution in [0, 0.1) is 25.2 Å². The normalized spacial score (nSPS) is 11.5. The first kappa shape index (κ1) is 16.1. The molecular formula is C17H18N2O2S. The molecule has 0 spiro atoms. The van der Waals surface area contributed by atoms with Crippen LogP contribution in [0.3, 0.4) is 0 Å². The van der Waals surface area contributed by atoms with Crippen LogP contribution in [0.15, 0.2) is 30.3 Å². The molecule has 1 N–H and O–H groups in total. The number of rotatable bonds is 5. The molecule has 0 fully saturated rings. The van der Waals surface area contributed by atoms with Gasteiger partial charge in [-0.1, -0.05) is 25.1 Å². The van der Waals surface area contributed by atoms with Crippen molar-refractivity contribution < 1.29 is 9.53 Å². The molecule has 22 heavy (non-hydrogen) atoms. The molecule has 2 rings (SSSR count). The van der Waals surface area contributed by atoms with E-state index in [1.165, 1.54) is 11.3 Å². The number of carbonyl (C=O) groups excluding carboxylic acids is 1. The van der Waals surface area contributed by atoms with Crippen molar-refractivity contribution >= 4 is 22.2 Å². The Labute approximate surface area is 134 Å². The second-order valence-electron chi connectivity index (χ2n) is 4.92. The maximum Gasteiger partial charge on any atom is 0.266 e. The molecule has 1 unspecified atom stereocenters. The highest BCUT2D eigenvalue weighted by molar-refractivity contribution is 7.16. The molecule has 0 aliphatic heterocycles. The van der Waals surface area contributed by atoms with Crippen LogP contribution in [0.5, 0.6) is 5.75 Å². The molecule has 5 heteroatoms. The summed E-state index contributed by atoms with van der Waals surface area (Å²) in [6, 6.07) is 11.4. The number of anilines is 1. The molecule has 4 nitrogen and oxygen atoms in total. The zero-order valence-corrected chi connectivity index (χ0v) is 13.7. The highest BCUT2D eigenvalue weighted by Gasteiger charge is 2.21. The summed E-state index contributed by atoms with van der Waals surface area (Å²) in [6.45, 7) is 5.72. The Morgan fingerprint density at radius 3 is 2.64 bits per heavy atom. The summed E-state index contributed by atoms with van der Waals surface area (Å²) >= 11 is 1.42. The maximum absolute atomic E-state index is 12.4. The third kappa shape index (κ3) is 3.46. The standard InChI is InChI=1S/C17H18N2O2S/c1-4-15(21-13-8-6-5-7-9-13)16(20)19-17-14(10-18)11(2)12(3)22-17/h5-9,15H,4H2,1-3H3,(H,19,20). The lowest BCUT2D eigenvalue weighted by atomic mass is 10.2. The molecule has 1 atom stereocenters. The Hall–Kier alpha value is -2.32. The number of hydrogen-bond acceptors (Lipinski definition) is 4. The van der Waals surface area contributed by atoms with Crippen molar-refractivity contribution in [2.24, 2.45) is 0 Å². The zero-order chi connectivity index (χ0) is 16.1. The van der Waals surface area contributed by atoms with Crippen molar-refractivity contribution in [2.75, 3.05) is 5.32 Å². The van der Waals surface area contributed by atoms with Gasteiger partial charge < -0.3 is 10.1 Å². The minimum Gasteiger partial charge on any atom is -0.481 e. The van der Waals surface area contributed by atoms with Gasteiger partial charge in [0.15, 0.2) is 6.10 Å². The maximum atomic E-state index is 12.4. The van der Waals surface area contributed by atoms with Crippen molar-refractivity contribution in [1.29, 1.82) is 5.26 Å². The summed E-state index contributed by atoms with van der Waals surface area (Å²) in [5.41, 5.74) is 1.45. The minimum atomic E-state index is -0.586. The zero-order valence-electron chi connectivity index (χ0n) is 12.8. The number of thiophene rings is 1. The smallest absolute Gasteiger partial charge is 0.266 e. The van der Waals surface area contributed by atoms with Gasteiger partial charge in [0, 0.05) is 4.88 Å². The number of amides is 1. The van der Waals surface area contributed by atoms with E-state index in [1.807, 2.05) is 51.1 Å². The van der Waals surface area contributed by atoms with E-state index in [0.717, 1.165) is 10.4 Å². The molecule has 2 aromatic rings. The second kappa shape index (κ2) is 7.10. The summed E-state index contributed by atoms with van der Waals surface area (Å²) in [6.07, 6.45) is -0.0389. The van der Waals surface area contributed by atoms with Crippen LogP contribution in [-0.2, 0) is 4.79 Å². The van der Waals surface area contributed by atoms with E-state index in [1.54, 1.807) is 0 Å². The Kier molecular flexibility index (Phi) is 5.18. The molecule has 1 aromatic carbocycles. The molecule has 0 saturated heterocycles. The molecule has 0 radical (unpaired) electrons. The lowest BCUT2D eigenvalue weighted by molar-refractivity contribution is -0.122. The summed E-state index contributed by atoms with van der Waals surface area (Å²) in [4.78, 5) is 13.4. The third-order valence-electron chi connectivity index (χ3n) is 3.42. The summed E-state index contributed by atoms with van der Waals surface area (Å²) < 4.78 is 5.72. The number of nitrogens with zero attached hydrogens (tertiary/aromatic N) is 1. The summed E-state index contributed by atoms with van der Waals surface area (Å²) in [5.74, 6) is 0.424. The van der Waals surface area contributed by atoms with Crippen LogP contribution >= 0.6 is 11.3 Å². The number of aryl methyl sites for hydroxylation is 1. The number of nitrogens with one attached hydrogen (secondary N) is 1. The second-order valence-corrected chi connectivity index (χ2v) is 6.14. The van der Waals surface area contributed by atoms with Gasteiger partial charge in [-0.15, -0.1) is 11.3 Å². The molecule has 0 aliphatic carbocycles. The van der Waals surface area contributed by atoms with Crippen LogP contribution in [-0.4, -0.2) is 12.0 Å². The molecule has 1 aromatic heterocycles. The quantitative estimate of drug-likeness (QED) is 0.906. The van der Waals surface area contributed by atoms with Crippen molar-refractivity contribution in [3.63, 3.8) is 0 Å². The van der Waals surface area contributed by atoms with Gasteiger partial charge in [0.2, 0.25) is 0 Å². The lowest BCUT2D eigenvalue weighted by Crippen LogP contribution is -2.32. The predicted octanol–water partition coefficient (Wildman–Crippen LogP) is 4.03. The predicted molar refractivity (Wildman–Crippen MR) is 88.3 cm³/mol. The number of ether oxygens (including phenoxy) is 1. The first-order chi connectivity index (χ1) is 10.6. The van der Waals surface area contributed by atoms with Crippen molar-refractivity contribution in [3.8, 4) is 11.8 Å². The Balaban J connectivity index is 2.13. The number of hydrogen-bond donors (Lipinski definition) is 1.